The molecular formula is C9H12. The van der Waals surface area contributed by atoms with Gasteiger partial charge >= 0.3 is 0 Å². The van der Waals surface area contributed by atoms with Crippen LogP contribution >= 0.6 is 0 Å². The molecule has 0 aliphatic heterocycles. The smallest absolute Gasteiger partial charge is 0.0102 e. The fraction of sp³-hybridized carbons (Fsp3) is 0.333. The molecule has 0 saturated heterocycles. The molecule has 1 aliphatic rings. The summed E-state index contributed by atoms with van der Waals surface area (Å²) in [7, 11) is 0. The van der Waals surface area contributed by atoms with Gasteiger partial charge in [0, 0.05) is 0 Å². The molecule has 9 heavy (non-hydrogen) atoms. The highest BCUT2D eigenvalue weighted by Gasteiger charge is 2.04. The van der Waals surface area contributed by atoms with Crippen LogP contribution in [0.25, 0.3) is 0 Å². The summed E-state index contributed by atoms with van der Waals surface area (Å²) in [5.74, 6) is 0. The summed E-state index contributed by atoms with van der Waals surface area (Å²) < 4.78 is 0. The topological polar surface area (TPSA) is 0 Å². The van der Waals surface area contributed by atoms with Gasteiger partial charge in [0.05, 0.1) is 0 Å². The Balaban J connectivity index is 2.87. The molecule has 1 aliphatic carbocycles. The second-order valence-corrected chi connectivity index (χ2v) is 2.61. The Kier molecular flexibility index (Phi) is 1.56. The first-order valence-electron chi connectivity index (χ1n) is 3.23. The summed E-state index contributed by atoms with van der Waals surface area (Å²) in [5, 5.41) is 0. The summed E-state index contributed by atoms with van der Waals surface area (Å²) in [6.07, 6.45) is 5.26. The molecule has 0 spiro atoms. The highest BCUT2D eigenvalue weighted by atomic mass is 14.1. The lowest BCUT2D eigenvalue weighted by atomic mass is 10.1. The van der Waals surface area contributed by atoms with Crippen LogP contribution in [-0.2, 0) is 0 Å². The van der Waals surface area contributed by atoms with Crippen molar-refractivity contribution in [2.75, 3.05) is 0 Å². The molecule has 0 atom stereocenters. The lowest BCUT2D eigenvalue weighted by molar-refractivity contribution is 1.14. The zero-order chi connectivity index (χ0) is 6.85. The van der Waals surface area contributed by atoms with E-state index in [4.69, 9.17) is 0 Å². The van der Waals surface area contributed by atoms with Gasteiger partial charge in [0.15, 0.2) is 0 Å². The molecule has 0 bridgehead atoms. The third-order valence-electron chi connectivity index (χ3n) is 1.66. The second-order valence-electron chi connectivity index (χ2n) is 2.61. The Labute approximate surface area is 56.6 Å². The van der Waals surface area contributed by atoms with E-state index in [1.165, 1.54) is 16.7 Å². The van der Waals surface area contributed by atoms with Crippen LogP contribution in [0.1, 0.15) is 20.3 Å². The fourth-order valence-electron chi connectivity index (χ4n) is 1.19. The van der Waals surface area contributed by atoms with Gasteiger partial charge in [0.2, 0.25) is 0 Å². The lowest BCUT2D eigenvalue weighted by Crippen LogP contribution is -1.71. The monoisotopic (exact) mass is 120 g/mol. The highest BCUT2D eigenvalue weighted by molar-refractivity contribution is 5.43. The SMILES string of the molecule is C=CC1=C(C)CC(C)=C1. The third kappa shape index (κ3) is 1.13. The van der Waals surface area contributed by atoms with E-state index in [0.29, 0.717) is 0 Å². The van der Waals surface area contributed by atoms with E-state index >= 15 is 0 Å². The molecular weight excluding hydrogens is 108 g/mol. The van der Waals surface area contributed by atoms with Crippen LogP contribution < -0.4 is 0 Å². The van der Waals surface area contributed by atoms with Crippen LogP contribution in [0.15, 0.2) is 35.5 Å². The number of hydrogen-bond acceptors (Lipinski definition) is 0. The van der Waals surface area contributed by atoms with Crippen molar-refractivity contribution in [2.45, 2.75) is 20.3 Å². The van der Waals surface area contributed by atoms with Crippen LogP contribution in [0.3, 0.4) is 0 Å². The Bertz CT molecular complexity index is 192. The predicted molar refractivity (Wildman–Crippen MR) is 41.3 cm³/mol. The van der Waals surface area contributed by atoms with Crippen LogP contribution in [0.5, 0.6) is 0 Å². The maximum absolute atomic E-state index is 3.73. The van der Waals surface area contributed by atoms with E-state index in [0.717, 1.165) is 6.42 Å². The van der Waals surface area contributed by atoms with Gasteiger partial charge in [-0.25, -0.2) is 0 Å². The molecule has 0 N–H and O–H groups in total. The molecule has 0 heterocycles. The van der Waals surface area contributed by atoms with Gasteiger partial charge in [-0.15, -0.1) is 0 Å². The maximum Gasteiger partial charge on any atom is -0.0102 e. The largest absolute Gasteiger partial charge is 0.0985 e. The lowest BCUT2D eigenvalue weighted by Gasteiger charge is -1.91. The Hall–Kier alpha value is -0.780. The van der Waals surface area contributed by atoms with Crippen molar-refractivity contribution in [3.8, 4) is 0 Å². The van der Waals surface area contributed by atoms with Crippen molar-refractivity contribution < 1.29 is 0 Å². The minimum atomic E-state index is 1.14. The molecule has 0 aromatic carbocycles. The molecule has 1 rings (SSSR count). The van der Waals surface area contributed by atoms with Crippen molar-refractivity contribution in [1.82, 2.24) is 0 Å². The minimum absolute atomic E-state index is 1.14. The molecule has 0 nitrogen and oxygen atoms in total. The highest BCUT2D eigenvalue weighted by Crippen LogP contribution is 2.24. The summed E-state index contributed by atoms with van der Waals surface area (Å²) in [6.45, 7) is 8.03. The summed E-state index contributed by atoms with van der Waals surface area (Å²) in [4.78, 5) is 0. The first kappa shape index (κ1) is 6.34. The first-order chi connectivity index (χ1) is 4.24. The van der Waals surface area contributed by atoms with Gasteiger partial charge in [0.25, 0.3) is 0 Å². The van der Waals surface area contributed by atoms with Gasteiger partial charge < -0.3 is 0 Å². The van der Waals surface area contributed by atoms with Crippen molar-refractivity contribution in [3.63, 3.8) is 0 Å². The number of allylic oxidation sites excluding steroid dienone is 5. The van der Waals surface area contributed by atoms with E-state index in [-0.39, 0.29) is 0 Å². The summed E-state index contributed by atoms with van der Waals surface area (Å²) in [5.41, 5.74) is 4.21. The minimum Gasteiger partial charge on any atom is -0.0985 e. The Morgan fingerprint density at radius 2 is 2.22 bits per heavy atom. The van der Waals surface area contributed by atoms with Crippen LogP contribution in [-0.4, -0.2) is 0 Å². The third-order valence-corrected chi connectivity index (χ3v) is 1.66. The standard InChI is InChI=1S/C9H12/c1-4-9-6-7(2)5-8(9)3/h4,6H,1,5H2,2-3H3. The van der Waals surface area contributed by atoms with Gasteiger partial charge in [-0.1, -0.05) is 29.9 Å². The van der Waals surface area contributed by atoms with E-state index in [2.05, 4.69) is 26.5 Å². The van der Waals surface area contributed by atoms with Crippen LogP contribution in [0, 0.1) is 0 Å². The molecule has 0 heteroatoms. The van der Waals surface area contributed by atoms with Crippen molar-refractivity contribution in [2.24, 2.45) is 0 Å². The molecule has 0 aromatic heterocycles. The predicted octanol–water partition coefficient (Wildman–Crippen LogP) is 2.84. The molecule has 0 fully saturated rings. The van der Waals surface area contributed by atoms with E-state index in [9.17, 15) is 0 Å². The first-order valence-corrected chi connectivity index (χ1v) is 3.23. The van der Waals surface area contributed by atoms with Crippen LogP contribution in [0.4, 0.5) is 0 Å². The molecule has 0 amide bonds. The van der Waals surface area contributed by atoms with Gasteiger partial charge in [-0.2, -0.15) is 0 Å². The van der Waals surface area contributed by atoms with Gasteiger partial charge in [-0.05, 0) is 25.8 Å². The van der Waals surface area contributed by atoms with Crippen LogP contribution in [0.2, 0.25) is 0 Å². The van der Waals surface area contributed by atoms with E-state index < -0.39 is 0 Å². The number of rotatable bonds is 1. The molecule has 48 valence electrons. The van der Waals surface area contributed by atoms with Crippen molar-refractivity contribution in [3.05, 3.63) is 35.5 Å². The fourth-order valence-corrected chi connectivity index (χ4v) is 1.19. The van der Waals surface area contributed by atoms with Crippen molar-refractivity contribution in [1.29, 1.82) is 0 Å². The zero-order valence-electron chi connectivity index (χ0n) is 6.07. The summed E-state index contributed by atoms with van der Waals surface area (Å²) >= 11 is 0. The summed E-state index contributed by atoms with van der Waals surface area (Å²) in [6, 6.07) is 0. The van der Waals surface area contributed by atoms with Gasteiger partial charge in [-0.3, -0.25) is 0 Å². The van der Waals surface area contributed by atoms with E-state index in [1.807, 2.05) is 6.08 Å². The number of hydrogen-bond donors (Lipinski definition) is 0. The zero-order valence-corrected chi connectivity index (χ0v) is 6.07. The molecule has 0 unspecified atom stereocenters. The molecule has 0 saturated carbocycles. The molecule has 0 radical (unpaired) electrons. The van der Waals surface area contributed by atoms with E-state index in [1.54, 1.807) is 0 Å². The van der Waals surface area contributed by atoms with Crippen molar-refractivity contribution >= 4 is 0 Å². The average molecular weight is 120 g/mol. The molecule has 0 aromatic rings. The Morgan fingerprint density at radius 3 is 2.44 bits per heavy atom. The second kappa shape index (κ2) is 2.22. The quantitative estimate of drug-likeness (QED) is 0.499. The maximum atomic E-state index is 3.73. The normalized spacial score (nSPS) is 18.2. The average Bonchev–Trinajstić information content (AvgIpc) is 2.10. The Morgan fingerprint density at radius 1 is 1.56 bits per heavy atom. The van der Waals surface area contributed by atoms with Gasteiger partial charge in [0.1, 0.15) is 0 Å².